The van der Waals surface area contributed by atoms with E-state index in [1.807, 2.05) is 0 Å². The van der Waals surface area contributed by atoms with Gasteiger partial charge in [-0.1, -0.05) is 12.5 Å². The number of carboxylic acid groups (broad SMARTS) is 1. The van der Waals surface area contributed by atoms with E-state index in [0.717, 1.165) is 11.3 Å². The molecule has 1 aliphatic rings. The Morgan fingerprint density at radius 1 is 1.52 bits per heavy atom. The Morgan fingerprint density at radius 2 is 2.29 bits per heavy atom. The summed E-state index contributed by atoms with van der Waals surface area (Å²) in [4.78, 5) is 11.6. The summed E-state index contributed by atoms with van der Waals surface area (Å²) in [7, 11) is 0. The van der Waals surface area contributed by atoms with Crippen molar-refractivity contribution in [1.82, 2.24) is 5.32 Å². The monoisotopic (exact) mass is 307 g/mol. The summed E-state index contributed by atoms with van der Waals surface area (Å²) in [6.45, 7) is 2.52. The average molecular weight is 307 g/mol. The molecule has 0 radical (unpaired) electrons. The van der Waals surface area contributed by atoms with E-state index in [-0.39, 0.29) is 10.7 Å². The van der Waals surface area contributed by atoms with Crippen molar-refractivity contribution in [3.8, 4) is 0 Å². The molecule has 1 heterocycles. The van der Waals surface area contributed by atoms with Gasteiger partial charge in [0.2, 0.25) is 0 Å². The van der Waals surface area contributed by atoms with E-state index in [4.69, 9.17) is 0 Å². The number of hydrogen-bond donors (Lipinski definition) is 2. The fraction of sp³-hybridized carbons (Fsp3) is 0.438. The smallest absolute Gasteiger partial charge is 0.346 e. The zero-order valence-electron chi connectivity index (χ0n) is 11.9. The van der Waals surface area contributed by atoms with Crippen molar-refractivity contribution in [1.29, 1.82) is 0 Å². The lowest BCUT2D eigenvalue weighted by Crippen LogP contribution is -2.36. The van der Waals surface area contributed by atoms with E-state index < -0.39 is 5.97 Å². The van der Waals surface area contributed by atoms with Crippen molar-refractivity contribution in [2.75, 3.05) is 0 Å². The molecular weight excluding hydrogens is 289 g/mol. The summed E-state index contributed by atoms with van der Waals surface area (Å²) in [6, 6.07) is 5.11. The molecule has 1 saturated carbocycles. The Balaban J connectivity index is 1.91. The number of carbonyl (C=O) groups is 1. The zero-order chi connectivity index (χ0) is 15.0. The molecule has 5 heteroatoms. The van der Waals surface area contributed by atoms with Crippen molar-refractivity contribution < 1.29 is 14.3 Å². The van der Waals surface area contributed by atoms with Gasteiger partial charge in [-0.3, -0.25) is 0 Å². The van der Waals surface area contributed by atoms with Crippen molar-refractivity contribution in [3.05, 3.63) is 34.5 Å². The van der Waals surface area contributed by atoms with Crippen LogP contribution in [-0.4, -0.2) is 17.1 Å². The first-order valence-electron chi connectivity index (χ1n) is 7.24. The van der Waals surface area contributed by atoms with Crippen LogP contribution in [0.5, 0.6) is 0 Å². The highest BCUT2D eigenvalue weighted by Crippen LogP contribution is 2.34. The van der Waals surface area contributed by atoms with Gasteiger partial charge in [0.15, 0.2) is 0 Å². The molecule has 0 spiro atoms. The van der Waals surface area contributed by atoms with E-state index in [9.17, 15) is 14.3 Å². The number of halogens is 1. The summed E-state index contributed by atoms with van der Waals surface area (Å²) in [5.41, 5.74) is 0.576. The van der Waals surface area contributed by atoms with Crippen LogP contribution in [0.1, 0.15) is 41.4 Å². The molecule has 1 aromatic heterocycles. The second-order valence-corrected chi connectivity index (χ2v) is 6.74. The first kappa shape index (κ1) is 14.5. The maximum absolute atomic E-state index is 14.1. The molecule has 0 saturated heterocycles. The third-order valence-corrected chi connectivity index (χ3v) is 5.60. The Hall–Kier alpha value is -1.46. The minimum absolute atomic E-state index is 0.239. The highest BCUT2D eigenvalue weighted by Gasteiger charge is 2.25. The van der Waals surface area contributed by atoms with Crippen LogP contribution in [-0.2, 0) is 6.54 Å². The number of aromatic carboxylic acids is 1. The predicted octanol–water partition coefficient (Wildman–Crippen LogP) is 4.02. The van der Waals surface area contributed by atoms with Gasteiger partial charge in [0.25, 0.3) is 0 Å². The molecule has 1 atom stereocenters. The average Bonchev–Trinajstić information content (AvgIpc) is 2.74. The quantitative estimate of drug-likeness (QED) is 0.877. The maximum Gasteiger partial charge on any atom is 0.346 e. The molecule has 1 aliphatic carbocycles. The van der Waals surface area contributed by atoms with Crippen LogP contribution < -0.4 is 5.32 Å². The summed E-state index contributed by atoms with van der Waals surface area (Å²) >= 11 is 1.15. The molecule has 0 amide bonds. The Kier molecular flexibility index (Phi) is 3.95. The minimum atomic E-state index is -0.983. The van der Waals surface area contributed by atoms with E-state index >= 15 is 0 Å². The number of rotatable bonds is 5. The van der Waals surface area contributed by atoms with Crippen LogP contribution in [0.15, 0.2) is 18.2 Å². The van der Waals surface area contributed by atoms with E-state index in [1.54, 1.807) is 12.1 Å². The summed E-state index contributed by atoms with van der Waals surface area (Å²) in [6.07, 6.45) is 3.71. The van der Waals surface area contributed by atoms with Gasteiger partial charge in [-0.25, -0.2) is 9.18 Å². The summed E-state index contributed by atoms with van der Waals surface area (Å²) < 4.78 is 14.8. The van der Waals surface area contributed by atoms with Gasteiger partial charge >= 0.3 is 5.97 Å². The topological polar surface area (TPSA) is 49.3 Å². The SMILES string of the molecule is CC(NCc1c(C(=O)O)sc2cccc(F)c12)C1CCC1. The van der Waals surface area contributed by atoms with Crippen LogP contribution in [0.25, 0.3) is 10.1 Å². The largest absolute Gasteiger partial charge is 0.477 e. The standard InChI is InChI=1S/C16H18FNO2S/c1-9(10-4-2-5-10)18-8-11-14-12(17)6-3-7-13(14)21-15(11)16(19)20/h3,6-7,9-10,18H,2,4-5,8H2,1H3,(H,19,20). The molecule has 21 heavy (non-hydrogen) atoms. The number of fused-ring (bicyclic) bond motifs is 1. The normalized spacial score (nSPS) is 16.9. The summed E-state index contributed by atoms with van der Waals surface area (Å²) in [5, 5.41) is 13.2. The fourth-order valence-electron chi connectivity index (χ4n) is 2.88. The lowest BCUT2D eigenvalue weighted by atomic mass is 9.80. The molecule has 3 rings (SSSR count). The first-order chi connectivity index (χ1) is 10.1. The molecular formula is C16H18FNO2S. The van der Waals surface area contributed by atoms with E-state index in [1.165, 1.54) is 25.3 Å². The van der Waals surface area contributed by atoms with Crippen molar-refractivity contribution in [2.45, 2.75) is 38.8 Å². The molecule has 2 aromatic rings. The van der Waals surface area contributed by atoms with Crippen LogP contribution in [0.2, 0.25) is 0 Å². The van der Waals surface area contributed by atoms with Crippen LogP contribution in [0, 0.1) is 11.7 Å². The Morgan fingerprint density at radius 3 is 2.90 bits per heavy atom. The van der Waals surface area contributed by atoms with Gasteiger partial charge in [-0.15, -0.1) is 11.3 Å². The number of thiophene rings is 1. The molecule has 1 fully saturated rings. The number of hydrogen-bond acceptors (Lipinski definition) is 3. The lowest BCUT2D eigenvalue weighted by molar-refractivity contribution is 0.0701. The number of carboxylic acids is 1. The molecule has 1 unspecified atom stereocenters. The maximum atomic E-state index is 14.1. The van der Waals surface area contributed by atoms with Gasteiger partial charge < -0.3 is 10.4 Å². The number of nitrogens with one attached hydrogen (secondary N) is 1. The van der Waals surface area contributed by atoms with Gasteiger partial charge in [-0.2, -0.15) is 0 Å². The van der Waals surface area contributed by atoms with Gasteiger partial charge in [-0.05, 0) is 37.8 Å². The lowest BCUT2D eigenvalue weighted by Gasteiger charge is -2.32. The number of benzene rings is 1. The van der Waals surface area contributed by atoms with Crippen LogP contribution in [0.4, 0.5) is 4.39 Å². The third kappa shape index (κ3) is 2.68. The van der Waals surface area contributed by atoms with E-state index in [0.29, 0.717) is 34.2 Å². The minimum Gasteiger partial charge on any atom is -0.477 e. The molecule has 0 aliphatic heterocycles. The Labute approximate surface area is 126 Å². The molecule has 0 bridgehead atoms. The van der Waals surface area contributed by atoms with Gasteiger partial charge in [0.05, 0.1) is 0 Å². The van der Waals surface area contributed by atoms with Gasteiger partial charge in [0, 0.05) is 28.2 Å². The first-order valence-corrected chi connectivity index (χ1v) is 8.06. The highest BCUT2D eigenvalue weighted by atomic mass is 32.1. The fourth-order valence-corrected chi connectivity index (χ4v) is 3.95. The predicted molar refractivity (Wildman–Crippen MR) is 82.4 cm³/mol. The van der Waals surface area contributed by atoms with Crippen LogP contribution in [0.3, 0.4) is 0 Å². The third-order valence-electron chi connectivity index (χ3n) is 4.42. The second kappa shape index (κ2) is 5.73. The molecule has 3 nitrogen and oxygen atoms in total. The van der Waals surface area contributed by atoms with Crippen LogP contribution >= 0.6 is 11.3 Å². The van der Waals surface area contributed by atoms with E-state index in [2.05, 4.69) is 12.2 Å². The highest BCUT2D eigenvalue weighted by molar-refractivity contribution is 7.21. The van der Waals surface area contributed by atoms with Crippen molar-refractivity contribution in [3.63, 3.8) is 0 Å². The van der Waals surface area contributed by atoms with Crippen molar-refractivity contribution >= 4 is 27.4 Å². The second-order valence-electron chi connectivity index (χ2n) is 5.69. The van der Waals surface area contributed by atoms with Crippen molar-refractivity contribution in [2.24, 2.45) is 5.92 Å². The molecule has 1 aromatic carbocycles. The summed E-state index contributed by atoms with van der Waals surface area (Å²) in [5.74, 6) is -0.666. The molecule has 112 valence electrons. The Bertz CT molecular complexity index is 678. The van der Waals surface area contributed by atoms with Gasteiger partial charge in [0.1, 0.15) is 10.7 Å². The zero-order valence-corrected chi connectivity index (χ0v) is 12.7. The molecule has 2 N–H and O–H groups in total.